The van der Waals surface area contributed by atoms with Crippen molar-refractivity contribution in [1.82, 2.24) is 0 Å². The van der Waals surface area contributed by atoms with Crippen molar-refractivity contribution in [3.63, 3.8) is 0 Å². The van der Waals surface area contributed by atoms with Crippen molar-refractivity contribution in [2.45, 2.75) is 43.5 Å². The molecule has 0 bridgehead atoms. The minimum Gasteiger partial charge on any atom is -0.380 e. The Hall–Kier alpha value is -0.470. The van der Waals surface area contributed by atoms with Crippen LogP contribution in [0.3, 0.4) is 0 Å². The predicted octanol–water partition coefficient (Wildman–Crippen LogP) is 4.20. The van der Waals surface area contributed by atoms with Gasteiger partial charge in [0.25, 0.3) is 0 Å². The first-order valence-corrected chi connectivity index (χ1v) is 9.20. The van der Waals surface area contributed by atoms with Crippen LogP contribution in [0.25, 0.3) is 0 Å². The molecule has 1 aromatic carbocycles. The molecule has 0 aliphatic heterocycles. The van der Waals surface area contributed by atoms with E-state index in [4.69, 9.17) is 10.5 Å². The fourth-order valence-corrected chi connectivity index (χ4v) is 3.89. The minimum atomic E-state index is 0.123. The Morgan fingerprint density at radius 2 is 2.05 bits per heavy atom. The van der Waals surface area contributed by atoms with E-state index in [1.54, 1.807) is 7.11 Å². The van der Waals surface area contributed by atoms with Crippen molar-refractivity contribution in [1.29, 1.82) is 0 Å². The highest BCUT2D eigenvalue weighted by Gasteiger charge is 2.22. The van der Waals surface area contributed by atoms with Crippen LogP contribution in [0.4, 0.5) is 0 Å². The number of benzene rings is 1. The molecule has 0 saturated carbocycles. The topological polar surface area (TPSA) is 35.2 Å². The van der Waals surface area contributed by atoms with E-state index in [9.17, 15) is 0 Å². The van der Waals surface area contributed by atoms with Gasteiger partial charge in [-0.2, -0.15) is 0 Å². The molecule has 4 unspecified atom stereocenters. The third-order valence-electron chi connectivity index (χ3n) is 4.15. The van der Waals surface area contributed by atoms with E-state index in [2.05, 4.69) is 61.6 Å². The first kappa shape index (κ1) is 17.9. The van der Waals surface area contributed by atoms with Crippen LogP contribution in [0.5, 0.6) is 0 Å². The molecule has 0 spiro atoms. The quantitative estimate of drug-likeness (QED) is 0.749. The molecule has 0 fully saturated rings. The molecule has 4 heteroatoms. The standard InChI is InChI=1S/C18H25BrNOP/c1-21-17(18(22)10-13-6-3-2-4-7-13)12-14-11-15(19)8-5-9-16(14)20/h2-4,6-8,11,16-18H,5,9-10,12,20,22H2,1H3. The van der Waals surface area contributed by atoms with Crippen LogP contribution < -0.4 is 5.73 Å². The van der Waals surface area contributed by atoms with E-state index in [0.717, 1.165) is 30.2 Å². The highest BCUT2D eigenvalue weighted by atomic mass is 79.9. The Balaban J connectivity index is 2.03. The lowest BCUT2D eigenvalue weighted by Crippen LogP contribution is -2.30. The van der Waals surface area contributed by atoms with Gasteiger partial charge in [-0.25, -0.2) is 0 Å². The predicted molar refractivity (Wildman–Crippen MR) is 101 cm³/mol. The first-order valence-electron chi connectivity index (χ1n) is 7.74. The van der Waals surface area contributed by atoms with Crippen molar-refractivity contribution >= 4 is 25.2 Å². The summed E-state index contributed by atoms with van der Waals surface area (Å²) >= 11 is 3.59. The third kappa shape index (κ3) is 5.31. The summed E-state index contributed by atoms with van der Waals surface area (Å²) in [6.07, 6.45) is 8.40. The fourth-order valence-electron chi connectivity index (χ4n) is 2.80. The Morgan fingerprint density at radius 1 is 1.32 bits per heavy atom. The van der Waals surface area contributed by atoms with E-state index in [0.29, 0.717) is 5.66 Å². The zero-order valence-corrected chi connectivity index (χ0v) is 15.8. The van der Waals surface area contributed by atoms with Crippen LogP contribution in [-0.2, 0) is 11.2 Å². The maximum Gasteiger partial charge on any atom is 0.0674 e. The van der Waals surface area contributed by atoms with Gasteiger partial charge in [0.2, 0.25) is 0 Å². The molecule has 2 nitrogen and oxygen atoms in total. The highest BCUT2D eigenvalue weighted by molar-refractivity contribution is 9.11. The van der Waals surface area contributed by atoms with Crippen LogP contribution >= 0.6 is 25.2 Å². The number of hydrogen-bond donors (Lipinski definition) is 1. The van der Waals surface area contributed by atoms with Gasteiger partial charge in [0.15, 0.2) is 0 Å². The Kier molecular flexibility index (Phi) is 7.30. The molecular weight excluding hydrogens is 357 g/mol. The normalized spacial score (nSPS) is 21.5. The van der Waals surface area contributed by atoms with Crippen molar-refractivity contribution in [3.8, 4) is 0 Å². The van der Waals surface area contributed by atoms with Gasteiger partial charge in [0, 0.05) is 23.3 Å². The van der Waals surface area contributed by atoms with Crippen molar-refractivity contribution < 1.29 is 4.74 Å². The van der Waals surface area contributed by atoms with E-state index in [1.165, 1.54) is 11.1 Å². The number of allylic oxidation sites excluding steroid dienone is 3. The molecule has 1 aliphatic carbocycles. The summed E-state index contributed by atoms with van der Waals surface area (Å²) in [5.41, 5.74) is 9.29. The molecule has 0 saturated heterocycles. The molecule has 1 aromatic rings. The number of nitrogens with two attached hydrogens (primary N) is 1. The van der Waals surface area contributed by atoms with Gasteiger partial charge in [-0.1, -0.05) is 52.3 Å². The zero-order valence-electron chi connectivity index (χ0n) is 13.0. The lowest BCUT2D eigenvalue weighted by Gasteiger charge is -2.26. The van der Waals surface area contributed by atoms with E-state index >= 15 is 0 Å². The smallest absolute Gasteiger partial charge is 0.0674 e. The Morgan fingerprint density at radius 3 is 2.73 bits per heavy atom. The number of methoxy groups -OCH3 is 1. The molecule has 4 atom stereocenters. The van der Waals surface area contributed by atoms with E-state index in [-0.39, 0.29) is 12.1 Å². The summed E-state index contributed by atoms with van der Waals surface area (Å²) in [4.78, 5) is 0. The summed E-state index contributed by atoms with van der Waals surface area (Å²) in [6, 6.07) is 10.7. The SMILES string of the molecule is COC(CC1=CC(Br)=CCCC1N)C(P)Cc1ccccc1. The molecular formula is C18H25BrNOP. The average Bonchev–Trinajstić information content (AvgIpc) is 2.67. The van der Waals surface area contributed by atoms with Gasteiger partial charge in [0.05, 0.1) is 6.10 Å². The molecule has 120 valence electrons. The second-order valence-electron chi connectivity index (χ2n) is 5.82. The monoisotopic (exact) mass is 381 g/mol. The molecule has 1 aliphatic rings. The largest absolute Gasteiger partial charge is 0.380 e. The molecule has 22 heavy (non-hydrogen) atoms. The maximum atomic E-state index is 6.31. The van der Waals surface area contributed by atoms with E-state index < -0.39 is 0 Å². The summed E-state index contributed by atoms with van der Waals surface area (Å²) in [5, 5.41) is 0. The highest BCUT2D eigenvalue weighted by Crippen LogP contribution is 2.27. The third-order valence-corrected chi connectivity index (χ3v) is 5.37. The van der Waals surface area contributed by atoms with Crippen molar-refractivity contribution in [2.75, 3.05) is 7.11 Å². The van der Waals surface area contributed by atoms with Crippen molar-refractivity contribution in [3.05, 3.63) is 58.1 Å². The lowest BCUT2D eigenvalue weighted by atomic mass is 9.95. The fraction of sp³-hybridized carbons (Fsp3) is 0.444. The average molecular weight is 382 g/mol. The maximum absolute atomic E-state index is 6.31. The van der Waals surface area contributed by atoms with Crippen LogP contribution in [-0.4, -0.2) is 24.9 Å². The first-order chi connectivity index (χ1) is 10.6. The lowest BCUT2D eigenvalue weighted by molar-refractivity contribution is 0.0991. The summed E-state index contributed by atoms with van der Waals surface area (Å²) in [5.74, 6) is 0. The van der Waals surface area contributed by atoms with Gasteiger partial charge in [0.1, 0.15) is 0 Å². The Labute approximate surface area is 144 Å². The molecule has 0 radical (unpaired) electrons. The number of hydrogen-bond acceptors (Lipinski definition) is 2. The second kappa shape index (κ2) is 8.98. The second-order valence-corrected chi connectivity index (χ2v) is 7.60. The molecule has 0 amide bonds. The summed E-state index contributed by atoms with van der Waals surface area (Å²) in [7, 11) is 4.74. The molecule has 2 rings (SSSR count). The van der Waals surface area contributed by atoms with Crippen molar-refractivity contribution in [2.24, 2.45) is 5.73 Å². The molecule has 2 N–H and O–H groups in total. The molecule has 0 heterocycles. The van der Waals surface area contributed by atoms with Gasteiger partial charge < -0.3 is 10.5 Å². The number of halogens is 1. The van der Waals surface area contributed by atoms with Gasteiger partial charge in [-0.05, 0) is 42.9 Å². The van der Waals surface area contributed by atoms with Crippen LogP contribution in [0.1, 0.15) is 24.8 Å². The van der Waals surface area contributed by atoms with Crippen LogP contribution in [0.2, 0.25) is 0 Å². The van der Waals surface area contributed by atoms with Crippen LogP contribution in [0, 0.1) is 0 Å². The Bertz CT molecular complexity index is 529. The summed E-state index contributed by atoms with van der Waals surface area (Å²) in [6.45, 7) is 0. The van der Waals surface area contributed by atoms with Crippen LogP contribution in [0.15, 0.2) is 52.5 Å². The minimum absolute atomic E-state index is 0.123. The van der Waals surface area contributed by atoms with Gasteiger partial charge in [-0.3, -0.25) is 0 Å². The van der Waals surface area contributed by atoms with Gasteiger partial charge >= 0.3 is 0 Å². The molecule has 0 aromatic heterocycles. The van der Waals surface area contributed by atoms with Gasteiger partial charge in [-0.15, -0.1) is 9.24 Å². The van der Waals surface area contributed by atoms with E-state index in [1.807, 2.05) is 6.07 Å². The zero-order chi connectivity index (χ0) is 15.9. The summed E-state index contributed by atoms with van der Waals surface area (Å²) < 4.78 is 6.89. The number of rotatable bonds is 6. The number of ether oxygens (including phenoxy) is 1.